The maximum atomic E-state index is 12.3. The van der Waals surface area contributed by atoms with Gasteiger partial charge in [0, 0.05) is 5.56 Å². The summed E-state index contributed by atoms with van der Waals surface area (Å²) in [6, 6.07) is 17.5. The van der Waals surface area contributed by atoms with Gasteiger partial charge in [-0.05, 0) is 49.6 Å². The Bertz CT molecular complexity index is 926. The van der Waals surface area contributed by atoms with Crippen LogP contribution >= 0.6 is 0 Å². The minimum atomic E-state index is -0.321. The highest BCUT2D eigenvalue weighted by Crippen LogP contribution is 2.20. The fraction of sp³-hybridized carbons (Fsp3) is 0.150. The Kier molecular flexibility index (Phi) is 4.75. The molecule has 0 aliphatic heterocycles. The number of carbonyl (C=O) groups excluding carboxylic acids is 1. The average molecular weight is 332 g/mol. The molecule has 3 aromatic rings. The van der Waals surface area contributed by atoms with Crippen molar-refractivity contribution in [2.75, 3.05) is 0 Å². The lowest BCUT2D eigenvalue weighted by Gasteiger charge is -2.02. The molecular formula is C20H20N4O. The summed E-state index contributed by atoms with van der Waals surface area (Å²) in [6.07, 6.45) is 0. The molecule has 0 fully saturated rings. The van der Waals surface area contributed by atoms with E-state index in [4.69, 9.17) is 0 Å². The van der Waals surface area contributed by atoms with Crippen LogP contribution in [0.25, 0.3) is 11.3 Å². The second-order valence-corrected chi connectivity index (χ2v) is 5.97. The molecule has 5 heteroatoms. The van der Waals surface area contributed by atoms with E-state index in [9.17, 15) is 4.79 Å². The number of rotatable bonds is 4. The fourth-order valence-corrected chi connectivity index (χ4v) is 2.43. The summed E-state index contributed by atoms with van der Waals surface area (Å²) < 4.78 is 0. The lowest BCUT2D eigenvalue weighted by molar-refractivity contribution is 0.0950. The number of aromatic nitrogens is 2. The Morgan fingerprint density at radius 1 is 1.04 bits per heavy atom. The SMILES string of the molecule is C/C(=N/NC(=O)c1cc(-c2ccc(C)c(C)c2)n[nH]1)c1ccccc1. The largest absolute Gasteiger partial charge is 0.289 e. The summed E-state index contributed by atoms with van der Waals surface area (Å²) in [6.45, 7) is 5.97. The molecular weight excluding hydrogens is 312 g/mol. The smallest absolute Gasteiger partial charge is 0.272 e. The molecule has 0 aliphatic carbocycles. The van der Waals surface area contributed by atoms with Gasteiger partial charge in [0.05, 0.1) is 11.4 Å². The van der Waals surface area contributed by atoms with Crippen molar-refractivity contribution < 1.29 is 4.79 Å². The van der Waals surface area contributed by atoms with E-state index < -0.39 is 0 Å². The zero-order chi connectivity index (χ0) is 17.8. The van der Waals surface area contributed by atoms with Crippen LogP contribution in [0.5, 0.6) is 0 Å². The number of benzene rings is 2. The molecule has 0 aliphatic rings. The summed E-state index contributed by atoms with van der Waals surface area (Å²) in [5.74, 6) is -0.321. The first kappa shape index (κ1) is 16.6. The molecule has 0 radical (unpaired) electrons. The van der Waals surface area contributed by atoms with Crippen LogP contribution < -0.4 is 5.43 Å². The number of aryl methyl sites for hydroxylation is 2. The maximum Gasteiger partial charge on any atom is 0.289 e. The molecule has 1 heterocycles. The number of nitrogens with one attached hydrogen (secondary N) is 2. The van der Waals surface area contributed by atoms with Crippen molar-refractivity contribution in [2.24, 2.45) is 5.10 Å². The van der Waals surface area contributed by atoms with Gasteiger partial charge in [-0.15, -0.1) is 0 Å². The Hall–Kier alpha value is -3.21. The van der Waals surface area contributed by atoms with Gasteiger partial charge in [0.1, 0.15) is 5.69 Å². The van der Waals surface area contributed by atoms with E-state index in [1.165, 1.54) is 11.1 Å². The monoisotopic (exact) mass is 332 g/mol. The lowest BCUT2D eigenvalue weighted by Crippen LogP contribution is -2.19. The predicted molar refractivity (Wildman–Crippen MR) is 99.6 cm³/mol. The summed E-state index contributed by atoms with van der Waals surface area (Å²) in [4.78, 5) is 12.3. The van der Waals surface area contributed by atoms with Crippen LogP contribution in [0.4, 0.5) is 0 Å². The second kappa shape index (κ2) is 7.13. The molecule has 25 heavy (non-hydrogen) atoms. The number of hydrogen-bond acceptors (Lipinski definition) is 3. The van der Waals surface area contributed by atoms with E-state index >= 15 is 0 Å². The van der Waals surface area contributed by atoms with E-state index in [1.54, 1.807) is 6.07 Å². The van der Waals surface area contributed by atoms with Crippen LogP contribution in [0.2, 0.25) is 0 Å². The summed E-state index contributed by atoms with van der Waals surface area (Å²) in [5.41, 5.74) is 8.76. The van der Waals surface area contributed by atoms with Crippen LogP contribution in [0.1, 0.15) is 34.1 Å². The molecule has 5 nitrogen and oxygen atoms in total. The molecule has 2 N–H and O–H groups in total. The molecule has 0 saturated carbocycles. The normalized spacial score (nSPS) is 11.4. The van der Waals surface area contributed by atoms with Gasteiger partial charge in [0.15, 0.2) is 0 Å². The highest BCUT2D eigenvalue weighted by atomic mass is 16.2. The van der Waals surface area contributed by atoms with Crippen molar-refractivity contribution >= 4 is 11.6 Å². The number of H-pyrrole nitrogens is 1. The second-order valence-electron chi connectivity index (χ2n) is 5.97. The van der Waals surface area contributed by atoms with Crippen molar-refractivity contribution in [3.05, 3.63) is 77.0 Å². The van der Waals surface area contributed by atoms with Crippen LogP contribution in [-0.2, 0) is 0 Å². The highest BCUT2D eigenvalue weighted by Gasteiger charge is 2.11. The predicted octanol–water partition coefficient (Wildman–Crippen LogP) is 3.85. The standard InChI is InChI=1S/C20H20N4O/c1-13-9-10-17(11-14(13)2)18-12-19(23-22-18)20(25)24-21-15(3)16-7-5-4-6-8-16/h4-12H,1-3H3,(H,22,23)(H,24,25)/b21-15-. The zero-order valence-electron chi connectivity index (χ0n) is 14.5. The fourth-order valence-electron chi connectivity index (χ4n) is 2.43. The molecule has 0 unspecified atom stereocenters. The Morgan fingerprint density at radius 2 is 1.80 bits per heavy atom. The van der Waals surface area contributed by atoms with Crippen LogP contribution in [0, 0.1) is 13.8 Å². The number of hydrazone groups is 1. The molecule has 2 aromatic carbocycles. The molecule has 0 saturated heterocycles. The number of hydrogen-bond donors (Lipinski definition) is 2. The first-order chi connectivity index (χ1) is 12.0. The minimum absolute atomic E-state index is 0.321. The third kappa shape index (κ3) is 3.83. The first-order valence-corrected chi connectivity index (χ1v) is 8.07. The van der Waals surface area contributed by atoms with Gasteiger partial charge in [-0.2, -0.15) is 10.2 Å². The van der Waals surface area contributed by atoms with Crippen LogP contribution in [0.15, 0.2) is 59.7 Å². The van der Waals surface area contributed by atoms with Crippen LogP contribution in [0.3, 0.4) is 0 Å². The van der Waals surface area contributed by atoms with Gasteiger partial charge in [0.2, 0.25) is 0 Å². The van der Waals surface area contributed by atoms with Crippen molar-refractivity contribution in [3.8, 4) is 11.3 Å². The quantitative estimate of drug-likeness (QED) is 0.563. The topological polar surface area (TPSA) is 70.1 Å². The number of carbonyl (C=O) groups is 1. The number of nitrogens with zero attached hydrogens (tertiary/aromatic N) is 2. The van der Waals surface area contributed by atoms with Gasteiger partial charge < -0.3 is 0 Å². The van der Waals surface area contributed by atoms with E-state index in [-0.39, 0.29) is 5.91 Å². The number of amides is 1. The Labute approximate surface area is 146 Å². The number of aromatic amines is 1. The van der Waals surface area contributed by atoms with Gasteiger partial charge in [-0.1, -0.05) is 42.5 Å². The van der Waals surface area contributed by atoms with Gasteiger partial charge >= 0.3 is 0 Å². The molecule has 0 atom stereocenters. The third-order valence-corrected chi connectivity index (χ3v) is 4.14. The van der Waals surface area contributed by atoms with Crippen molar-refractivity contribution in [1.82, 2.24) is 15.6 Å². The molecule has 1 aromatic heterocycles. The van der Waals surface area contributed by atoms with E-state index in [1.807, 2.05) is 49.4 Å². The van der Waals surface area contributed by atoms with Gasteiger partial charge in [-0.25, -0.2) is 5.43 Å². The van der Waals surface area contributed by atoms with Crippen molar-refractivity contribution in [1.29, 1.82) is 0 Å². The summed E-state index contributed by atoms with van der Waals surface area (Å²) >= 11 is 0. The first-order valence-electron chi connectivity index (χ1n) is 8.07. The molecule has 3 rings (SSSR count). The summed E-state index contributed by atoms with van der Waals surface area (Å²) in [5, 5.41) is 11.1. The average Bonchev–Trinajstić information content (AvgIpc) is 3.12. The molecule has 0 bridgehead atoms. The zero-order valence-corrected chi connectivity index (χ0v) is 14.5. The summed E-state index contributed by atoms with van der Waals surface area (Å²) in [7, 11) is 0. The highest BCUT2D eigenvalue weighted by molar-refractivity contribution is 6.00. The van der Waals surface area contributed by atoms with E-state index in [0.717, 1.165) is 22.5 Å². The third-order valence-electron chi connectivity index (χ3n) is 4.14. The maximum absolute atomic E-state index is 12.3. The van der Waals surface area contributed by atoms with E-state index in [0.29, 0.717) is 5.69 Å². The lowest BCUT2D eigenvalue weighted by atomic mass is 10.0. The molecule has 0 spiro atoms. The minimum Gasteiger partial charge on any atom is -0.272 e. The molecule has 1 amide bonds. The Balaban J connectivity index is 1.73. The van der Waals surface area contributed by atoms with E-state index in [2.05, 4.69) is 40.6 Å². The van der Waals surface area contributed by atoms with Gasteiger partial charge in [0.25, 0.3) is 5.91 Å². The van der Waals surface area contributed by atoms with Gasteiger partial charge in [-0.3, -0.25) is 9.89 Å². The molecule has 126 valence electrons. The van der Waals surface area contributed by atoms with Crippen molar-refractivity contribution in [3.63, 3.8) is 0 Å². The van der Waals surface area contributed by atoms with Crippen molar-refractivity contribution in [2.45, 2.75) is 20.8 Å². The van der Waals surface area contributed by atoms with Crippen LogP contribution in [-0.4, -0.2) is 21.8 Å². The Morgan fingerprint density at radius 3 is 2.52 bits per heavy atom.